The van der Waals surface area contributed by atoms with Crippen LogP contribution in [-0.2, 0) is 13.0 Å². The van der Waals surface area contributed by atoms with E-state index in [4.69, 9.17) is 0 Å². The Hall–Kier alpha value is -2.12. The fourth-order valence-corrected chi connectivity index (χ4v) is 2.73. The molecule has 0 aromatic heterocycles. The Morgan fingerprint density at radius 1 is 0.870 bits per heavy atom. The topological polar surface area (TPSA) is 12.0 Å². The van der Waals surface area contributed by atoms with Crippen LogP contribution in [0, 0.1) is 0 Å². The molecule has 1 atom stereocenters. The predicted octanol–water partition coefficient (Wildman–Crippen LogP) is 5.47. The minimum atomic E-state index is 0.508. The van der Waals surface area contributed by atoms with E-state index in [1.807, 2.05) is 12.2 Å². The normalized spacial score (nSPS) is 11.9. The van der Waals surface area contributed by atoms with Gasteiger partial charge in [0.15, 0.2) is 0 Å². The lowest BCUT2D eigenvalue weighted by Gasteiger charge is -2.18. The van der Waals surface area contributed by atoms with Crippen LogP contribution in [0.15, 0.2) is 61.7 Å². The molecule has 0 heterocycles. The molecule has 2 aromatic rings. The molecule has 0 aliphatic heterocycles. The van der Waals surface area contributed by atoms with E-state index in [0.717, 1.165) is 13.0 Å². The van der Waals surface area contributed by atoms with E-state index >= 15 is 0 Å². The van der Waals surface area contributed by atoms with Crippen molar-refractivity contribution in [2.45, 2.75) is 38.8 Å². The van der Waals surface area contributed by atoms with Crippen molar-refractivity contribution in [3.05, 3.63) is 83.9 Å². The fraction of sp³-hybridized carbons (Fsp3) is 0.273. The van der Waals surface area contributed by atoms with Crippen LogP contribution < -0.4 is 5.32 Å². The Bertz CT molecular complexity index is 607. The molecule has 1 N–H and O–H groups in total. The first-order valence-corrected chi connectivity index (χ1v) is 8.41. The van der Waals surface area contributed by atoms with E-state index in [9.17, 15) is 0 Å². The van der Waals surface area contributed by atoms with E-state index < -0.39 is 0 Å². The Kier molecular flexibility index (Phi) is 6.83. The Balaban J connectivity index is 1.93. The highest BCUT2D eigenvalue weighted by molar-refractivity contribution is 5.47. The Labute approximate surface area is 140 Å². The van der Waals surface area contributed by atoms with Crippen molar-refractivity contribution < 1.29 is 0 Å². The highest BCUT2D eigenvalue weighted by Gasteiger charge is 2.08. The molecule has 120 valence electrons. The van der Waals surface area contributed by atoms with Crippen LogP contribution in [0.5, 0.6) is 0 Å². The molecular formula is C22H27N. The molecule has 0 saturated heterocycles. The molecule has 0 fully saturated rings. The zero-order valence-corrected chi connectivity index (χ0v) is 14.1. The molecule has 0 spiro atoms. The quantitative estimate of drug-likeness (QED) is 0.647. The van der Waals surface area contributed by atoms with Crippen molar-refractivity contribution in [3.63, 3.8) is 0 Å². The summed E-state index contributed by atoms with van der Waals surface area (Å²) in [6, 6.07) is 17.8. The van der Waals surface area contributed by atoms with Gasteiger partial charge in [0.25, 0.3) is 0 Å². The molecule has 0 saturated carbocycles. The van der Waals surface area contributed by atoms with Gasteiger partial charge >= 0.3 is 0 Å². The second-order valence-corrected chi connectivity index (χ2v) is 5.96. The van der Waals surface area contributed by atoms with Gasteiger partial charge < -0.3 is 5.32 Å². The van der Waals surface area contributed by atoms with Gasteiger partial charge in [-0.25, -0.2) is 0 Å². The summed E-state index contributed by atoms with van der Waals surface area (Å²) in [5.74, 6) is 0. The van der Waals surface area contributed by atoms with Gasteiger partial charge in [-0.2, -0.15) is 0 Å². The third-order valence-electron chi connectivity index (χ3n) is 4.14. The molecule has 23 heavy (non-hydrogen) atoms. The highest BCUT2D eigenvalue weighted by Crippen LogP contribution is 2.12. The van der Waals surface area contributed by atoms with E-state index in [-0.39, 0.29) is 0 Å². The number of benzene rings is 2. The maximum Gasteiger partial charge on any atom is 0.0208 e. The summed E-state index contributed by atoms with van der Waals surface area (Å²) in [7, 11) is 0. The first-order valence-electron chi connectivity index (χ1n) is 8.41. The average molecular weight is 305 g/mol. The molecule has 0 aliphatic rings. The number of hydrogen-bond donors (Lipinski definition) is 1. The smallest absolute Gasteiger partial charge is 0.0208 e. The zero-order valence-electron chi connectivity index (χ0n) is 14.1. The van der Waals surface area contributed by atoms with Gasteiger partial charge in [0.05, 0.1) is 0 Å². The summed E-state index contributed by atoms with van der Waals surface area (Å²) in [6.07, 6.45) is 7.21. The first kappa shape index (κ1) is 17.2. The fourth-order valence-electron chi connectivity index (χ4n) is 2.73. The number of rotatable bonds is 9. The van der Waals surface area contributed by atoms with Gasteiger partial charge in [-0.3, -0.25) is 0 Å². The third kappa shape index (κ3) is 5.54. The summed E-state index contributed by atoms with van der Waals surface area (Å²) in [4.78, 5) is 0. The van der Waals surface area contributed by atoms with Crippen LogP contribution in [0.1, 0.15) is 42.0 Å². The van der Waals surface area contributed by atoms with Gasteiger partial charge in [0, 0.05) is 12.6 Å². The second kappa shape index (κ2) is 9.12. The number of hydrogen-bond acceptors (Lipinski definition) is 1. The minimum Gasteiger partial charge on any atom is -0.310 e. The average Bonchev–Trinajstić information content (AvgIpc) is 2.61. The van der Waals surface area contributed by atoms with Gasteiger partial charge in [-0.1, -0.05) is 87.2 Å². The van der Waals surface area contributed by atoms with Crippen molar-refractivity contribution in [1.29, 1.82) is 0 Å². The molecule has 0 bridgehead atoms. The van der Waals surface area contributed by atoms with Gasteiger partial charge in [0.1, 0.15) is 0 Å². The molecule has 0 radical (unpaired) electrons. The summed E-state index contributed by atoms with van der Waals surface area (Å²) in [5, 5.41) is 3.71. The third-order valence-corrected chi connectivity index (χ3v) is 4.14. The van der Waals surface area contributed by atoms with Crippen molar-refractivity contribution in [1.82, 2.24) is 5.32 Å². The lowest BCUT2D eigenvalue weighted by Crippen LogP contribution is -2.30. The number of nitrogens with one attached hydrogen (secondary N) is 1. The summed E-state index contributed by atoms with van der Waals surface area (Å²) < 4.78 is 0. The maximum absolute atomic E-state index is 3.81. The summed E-state index contributed by atoms with van der Waals surface area (Å²) in [5.41, 5.74) is 5.04. The first-order chi connectivity index (χ1) is 11.2. The van der Waals surface area contributed by atoms with E-state index in [1.54, 1.807) is 0 Å². The minimum absolute atomic E-state index is 0.508. The maximum atomic E-state index is 3.81. The van der Waals surface area contributed by atoms with E-state index in [1.165, 1.54) is 35.1 Å². The van der Waals surface area contributed by atoms with Crippen molar-refractivity contribution in [2.24, 2.45) is 0 Å². The van der Waals surface area contributed by atoms with Crippen molar-refractivity contribution >= 4 is 12.2 Å². The van der Waals surface area contributed by atoms with Crippen LogP contribution in [-0.4, -0.2) is 6.04 Å². The van der Waals surface area contributed by atoms with Crippen molar-refractivity contribution in [3.8, 4) is 0 Å². The highest BCUT2D eigenvalue weighted by atomic mass is 14.9. The van der Waals surface area contributed by atoms with Gasteiger partial charge in [-0.05, 0) is 35.1 Å². The summed E-state index contributed by atoms with van der Waals surface area (Å²) in [6.45, 7) is 10.8. The lowest BCUT2D eigenvalue weighted by molar-refractivity contribution is 0.472. The van der Waals surface area contributed by atoms with Crippen LogP contribution in [0.3, 0.4) is 0 Å². The van der Waals surface area contributed by atoms with Gasteiger partial charge in [0.2, 0.25) is 0 Å². The molecular weight excluding hydrogens is 278 g/mol. The predicted molar refractivity (Wildman–Crippen MR) is 102 cm³/mol. The van der Waals surface area contributed by atoms with Crippen LogP contribution in [0.25, 0.3) is 12.2 Å². The van der Waals surface area contributed by atoms with Gasteiger partial charge in [-0.15, -0.1) is 0 Å². The SMILES string of the molecule is C=Cc1ccc(CNC(CCC)Cc2ccc(C=C)cc2)cc1. The molecule has 1 nitrogen and oxygen atoms in total. The molecule has 2 rings (SSSR count). The molecule has 1 heteroatoms. The molecule has 0 amide bonds. The van der Waals surface area contributed by atoms with Crippen LogP contribution in [0.2, 0.25) is 0 Å². The molecule has 1 unspecified atom stereocenters. The van der Waals surface area contributed by atoms with Crippen LogP contribution in [0.4, 0.5) is 0 Å². The van der Waals surface area contributed by atoms with E-state index in [0.29, 0.717) is 6.04 Å². The monoisotopic (exact) mass is 305 g/mol. The summed E-state index contributed by atoms with van der Waals surface area (Å²) >= 11 is 0. The molecule has 2 aromatic carbocycles. The zero-order chi connectivity index (χ0) is 16.5. The lowest BCUT2D eigenvalue weighted by atomic mass is 10.0. The van der Waals surface area contributed by atoms with Crippen molar-refractivity contribution in [2.75, 3.05) is 0 Å². The Morgan fingerprint density at radius 2 is 1.39 bits per heavy atom. The van der Waals surface area contributed by atoms with Crippen LogP contribution >= 0.6 is 0 Å². The second-order valence-electron chi connectivity index (χ2n) is 5.96. The van der Waals surface area contributed by atoms with E-state index in [2.05, 4.69) is 73.9 Å². The molecule has 0 aliphatic carbocycles. The largest absolute Gasteiger partial charge is 0.310 e. The standard InChI is InChI=1S/C22H27N/c1-4-7-22(16-20-12-8-18(5-2)9-13-20)23-17-21-14-10-19(6-3)11-15-21/h5-6,8-15,22-23H,2-4,7,16-17H2,1H3. The Morgan fingerprint density at radius 3 is 1.87 bits per heavy atom.